The van der Waals surface area contributed by atoms with Crippen LogP contribution in [-0.2, 0) is 6.18 Å². The van der Waals surface area contributed by atoms with Crippen molar-refractivity contribution in [1.82, 2.24) is 25.6 Å². The van der Waals surface area contributed by atoms with Gasteiger partial charge in [0.05, 0.1) is 28.5 Å². The molecule has 2 atom stereocenters. The molecule has 1 unspecified atom stereocenters. The molecule has 10 heteroatoms. The highest BCUT2D eigenvalue weighted by Crippen LogP contribution is 2.36. The van der Waals surface area contributed by atoms with Gasteiger partial charge in [0.25, 0.3) is 5.91 Å². The molecule has 1 aliphatic rings. The van der Waals surface area contributed by atoms with Crippen LogP contribution in [-0.4, -0.2) is 33.4 Å². The number of benzene rings is 1. The summed E-state index contributed by atoms with van der Waals surface area (Å²) in [5.41, 5.74) is 0.710. The number of hydrogen-bond acceptors (Lipinski definition) is 5. The van der Waals surface area contributed by atoms with E-state index in [1.54, 1.807) is 18.6 Å². The number of hydrogen-bond donors (Lipinski definition) is 2. The summed E-state index contributed by atoms with van der Waals surface area (Å²) >= 11 is 5.93. The molecule has 2 aromatic heterocycles. The number of nitrogens with one attached hydrogen (secondary N) is 2. The first-order valence-electron chi connectivity index (χ1n) is 10.5. The third kappa shape index (κ3) is 5.31. The lowest BCUT2D eigenvalue weighted by Crippen LogP contribution is -2.46. The van der Waals surface area contributed by atoms with Gasteiger partial charge >= 0.3 is 6.18 Å². The lowest BCUT2D eigenvalue weighted by atomic mass is 9.91. The molecule has 0 bridgehead atoms. The molecule has 1 amide bonds. The first kappa shape index (κ1) is 23.1. The van der Waals surface area contributed by atoms with Crippen LogP contribution in [0, 0.1) is 0 Å². The fourth-order valence-electron chi connectivity index (χ4n) is 3.95. The number of nitrogens with zero attached hydrogens (tertiary/aromatic N) is 3. The Balaban J connectivity index is 1.68. The van der Waals surface area contributed by atoms with Gasteiger partial charge in [-0.05, 0) is 37.1 Å². The maximum atomic E-state index is 13.3. The Labute approximate surface area is 193 Å². The summed E-state index contributed by atoms with van der Waals surface area (Å²) in [6.45, 7) is 0.781. The summed E-state index contributed by atoms with van der Waals surface area (Å²) in [4.78, 5) is 25.3. The highest BCUT2D eigenvalue weighted by molar-refractivity contribution is 6.34. The number of rotatable bonds is 5. The maximum absolute atomic E-state index is 13.3. The predicted octanol–water partition coefficient (Wildman–Crippen LogP) is 4.82. The van der Waals surface area contributed by atoms with E-state index in [1.165, 1.54) is 0 Å². The zero-order valence-electron chi connectivity index (χ0n) is 17.4. The first-order chi connectivity index (χ1) is 15.8. The fraction of sp³-hybridized carbons (Fsp3) is 0.304. The number of piperidine rings is 1. The monoisotopic (exact) mass is 475 g/mol. The highest BCUT2D eigenvalue weighted by Gasteiger charge is 2.36. The number of pyridine rings is 1. The van der Waals surface area contributed by atoms with Crippen LogP contribution in [0.3, 0.4) is 0 Å². The van der Waals surface area contributed by atoms with Crippen LogP contribution >= 0.6 is 11.6 Å². The summed E-state index contributed by atoms with van der Waals surface area (Å²) in [5.74, 6) is -0.770. The SMILES string of the molecule is O=C(NC(c1cccc(-c2cnccn2)c1)[C@@H]1CCCCN1)c1nccc(C(F)(F)F)c1Cl. The standard InChI is InChI=1S/C23H21ClF3N5O/c24-19-16(23(25,26)27)7-9-31-21(19)22(33)32-20(17-6-1-2-8-29-17)15-5-3-4-14(12-15)18-13-28-10-11-30-18/h3-5,7,9-13,17,20,29H,1-2,6,8H2,(H,32,33)/t17-,20?/m0/s1. The summed E-state index contributed by atoms with van der Waals surface area (Å²) in [7, 11) is 0. The molecule has 1 aliphatic heterocycles. The molecule has 3 aromatic rings. The minimum atomic E-state index is -4.69. The zero-order chi connectivity index (χ0) is 23.4. The van der Waals surface area contributed by atoms with Crippen LogP contribution in [0.4, 0.5) is 13.2 Å². The van der Waals surface area contributed by atoms with Gasteiger partial charge in [0.1, 0.15) is 5.69 Å². The van der Waals surface area contributed by atoms with Gasteiger partial charge in [-0.3, -0.25) is 14.8 Å². The first-order valence-corrected chi connectivity index (χ1v) is 10.8. The molecule has 2 N–H and O–H groups in total. The third-order valence-corrected chi connectivity index (χ3v) is 5.93. The second kappa shape index (κ2) is 9.84. The van der Waals surface area contributed by atoms with Crippen LogP contribution in [0.1, 0.15) is 46.9 Å². The molecule has 33 heavy (non-hydrogen) atoms. The van der Waals surface area contributed by atoms with Crippen LogP contribution in [0.15, 0.2) is 55.1 Å². The van der Waals surface area contributed by atoms with E-state index in [2.05, 4.69) is 25.6 Å². The van der Waals surface area contributed by atoms with E-state index in [9.17, 15) is 18.0 Å². The van der Waals surface area contributed by atoms with Crippen LogP contribution in [0.25, 0.3) is 11.3 Å². The number of halogens is 4. The van der Waals surface area contributed by atoms with E-state index >= 15 is 0 Å². The Hall–Kier alpha value is -3.04. The Morgan fingerprint density at radius 3 is 2.70 bits per heavy atom. The van der Waals surface area contributed by atoms with Crippen molar-refractivity contribution < 1.29 is 18.0 Å². The third-order valence-electron chi connectivity index (χ3n) is 5.55. The molecule has 6 nitrogen and oxygen atoms in total. The van der Waals surface area contributed by atoms with Crippen molar-refractivity contribution in [2.75, 3.05) is 6.54 Å². The van der Waals surface area contributed by atoms with E-state index in [0.717, 1.165) is 49.2 Å². The summed E-state index contributed by atoms with van der Waals surface area (Å²) in [6, 6.07) is 7.62. The summed E-state index contributed by atoms with van der Waals surface area (Å²) < 4.78 is 39.8. The highest BCUT2D eigenvalue weighted by atomic mass is 35.5. The van der Waals surface area contributed by atoms with Crippen molar-refractivity contribution in [1.29, 1.82) is 0 Å². The molecule has 0 aliphatic carbocycles. The van der Waals surface area contributed by atoms with E-state index in [0.29, 0.717) is 5.69 Å². The number of carbonyl (C=O) groups is 1. The number of alkyl halides is 3. The number of amides is 1. The topological polar surface area (TPSA) is 79.8 Å². The van der Waals surface area contributed by atoms with Crippen molar-refractivity contribution in [3.05, 3.63) is 77.0 Å². The average Bonchev–Trinajstić information content (AvgIpc) is 2.83. The Kier molecular flexibility index (Phi) is 6.90. The molecule has 1 saturated heterocycles. The van der Waals surface area contributed by atoms with Crippen LogP contribution in [0.5, 0.6) is 0 Å². The average molecular weight is 476 g/mol. The molecular formula is C23H21ClF3N5O. The van der Waals surface area contributed by atoms with E-state index < -0.39 is 34.4 Å². The summed E-state index contributed by atoms with van der Waals surface area (Å²) in [5, 5.41) is 5.56. The van der Waals surface area contributed by atoms with Gasteiger partial charge in [-0.15, -0.1) is 0 Å². The van der Waals surface area contributed by atoms with Crippen LogP contribution < -0.4 is 10.6 Å². The molecule has 172 valence electrons. The van der Waals surface area contributed by atoms with Gasteiger partial charge in [-0.1, -0.05) is 36.2 Å². The second-order valence-electron chi connectivity index (χ2n) is 7.74. The van der Waals surface area contributed by atoms with Crippen molar-refractivity contribution in [3.63, 3.8) is 0 Å². The quantitative estimate of drug-likeness (QED) is 0.553. The van der Waals surface area contributed by atoms with Gasteiger partial charge < -0.3 is 10.6 Å². The maximum Gasteiger partial charge on any atom is 0.417 e. The molecule has 4 rings (SSSR count). The molecule has 0 saturated carbocycles. The van der Waals surface area contributed by atoms with Gasteiger partial charge in [-0.2, -0.15) is 13.2 Å². The normalized spacial score (nSPS) is 17.4. The lowest BCUT2D eigenvalue weighted by molar-refractivity contribution is -0.137. The Morgan fingerprint density at radius 1 is 1.15 bits per heavy atom. The van der Waals surface area contributed by atoms with Crippen LogP contribution in [0.2, 0.25) is 5.02 Å². The molecule has 1 aromatic carbocycles. The lowest BCUT2D eigenvalue weighted by Gasteiger charge is -2.32. The predicted molar refractivity (Wildman–Crippen MR) is 118 cm³/mol. The van der Waals surface area contributed by atoms with Gasteiger partial charge in [0.2, 0.25) is 0 Å². The van der Waals surface area contributed by atoms with Gasteiger partial charge in [-0.25, -0.2) is 4.98 Å². The molecular weight excluding hydrogens is 455 g/mol. The van der Waals surface area contributed by atoms with Crippen molar-refractivity contribution in [2.45, 2.75) is 37.5 Å². The van der Waals surface area contributed by atoms with Crippen molar-refractivity contribution in [3.8, 4) is 11.3 Å². The fourth-order valence-corrected chi connectivity index (χ4v) is 4.25. The van der Waals surface area contributed by atoms with E-state index in [-0.39, 0.29) is 6.04 Å². The van der Waals surface area contributed by atoms with Crippen molar-refractivity contribution in [2.24, 2.45) is 0 Å². The Morgan fingerprint density at radius 2 is 2.00 bits per heavy atom. The molecule has 0 radical (unpaired) electrons. The van der Waals surface area contributed by atoms with Crippen molar-refractivity contribution >= 4 is 17.5 Å². The van der Waals surface area contributed by atoms with E-state index in [1.807, 2.05) is 24.3 Å². The largest absolute Gasteiger partial charge is 0.417 e. The zero-order valence-corrected chi connectivity index (χ0v) is 18.2. The minimum absolute atomic E-state index is 0.107. The smallest absolute Gasteiger partial charge is 0.342 e. The molecule has 0 spiro atoms. The number of aromatic nitrogens is 3. The molecule has 1 fully saturated rings. The van der Waals surface area contributed by atoms with Gasteiger partial charge in [0.15, 0.2) is 0 Å². The number of carbonyl (C=O) groups excluding carboxylic acids is 1. The second-order valence-corrected chi connectivity index (χ2v) is 8.12. The van der Waals surface area contributed by atoms with E-state index in [4.69, 9.17) is 11.6 Å². The Bertz CT molecular complexity index is 1120. The van der Waals surface area contributed by atoms with Gasteiger partial charge in [0, 0.05) is 30.2 Å². The molecule has 3 heterocycles. The summed E-state index contributed by atoms with van der Waals surface area (Å²) in [6.07, 6.45) is 3.83. The minimum Gasteiger partial charge on any atom is -0.342 e.